The molecular weight excluding hydrogens is 264 g/mol. The fraction of sp³-hybridized carbons (Fsp3) is 0.118. The zero-order valence-electron chi connectivity index (χ0n) is 11.5. The minimum atomic E-state index is -0.833. The van der Waals surface area contributed by atoms with Crippen LogP contribution in [0, 0.1) is 0 Å². The Labute approximate surface area is 123 Å². The van der Waals surface area contributed by atoms with Crippen molar-refractivity contribution in [2.75, 3.05) is 0 Å². The van der Waals surface area contributed by atoms with Gasteiger partial charge in [0.2, 0.25) is 5.89 Å². The van der Waals surface area contributed by atoms with Gasteiger partial charge in [0, 0.05) is 18.0 Å². The maximum Gasteiger partial charge on any atom is 0.226 e. The highest BCUT2D eigenvalue weighted by Crippen LogP contribution is 2.30. The van der Waals surface area contributed by atoms with Crippen LogP contribution in [0.3, 0.4) is 0 Å². The number of aliphatic hydroxyl groups is 1. The molecule has 0 aliphatic heterocycles. The molecule has 1 N–H and O–H groups in total. The molecule has 0 spiro atoms. The van der Waals surface area contributed by atoms with Crippen LogP contribution in [-0.2, 0) is 0 Å². The molecule has 2 aromatic heterocycles. The molecule has 4 nitrogen and oxygen atoms in total. The molecule has 4 heteroatoms. The van der Waals surface area contributed by atoms with Gasteiger partial charge in [-0.15, -0.1) is 6.58 Å². The third kappa shape index (κ3) is 2.66. The van der Waals surface area contributed by atoms with E-state index in [0.717, 1.165) is 5.56 Å². The van der Waals surface area contributed by atoms with Crippen LogP contribution in [0.15, 0.2) is 78.1 Å². The molecule has 2 atom stereocenters. The third-order valence-corrected chi connectivity index (χ3v) is 3.37. The topological polar surface area (TPSA) is 51.2 Å². The first-order valence-electron chi connectivity index (χ1n) is 6.74. The minimum Gasteiger partial charge on any atom is -0.438 e. The molecule has 3 aromatic rings. The number of hydrogen-bond donors (Lipinski definition) is 1. The summed E-state index contributed by atoms with van der Waals surface area (Å²) in [7, 11) is 0. The molecule has 0 unspecified atom stereocenters. The molecule has 0 aliphatic rings. The lowest BCUT2D eigenvalue weighted by atomic mass is 10.1. The Bertz CT molecular complexity index is 701. The van der Waals surface area contributed by atoms with Gasteiger partial charge in [-0.2, -0.15) is 0 Å². The lowest BCUT2D eigenvalue weighted by Crippen LogP contribution is -2.13. The first-order chi connectivity index (χ1) is 10.3. The summed E-state index contributed by atoms with van der Waals surface area (Å²) in [5.41, 5.74) is 0.882. The number of hydrogen-bond acceptors (Lipinski definition) is 3. The molecule has 1 aromatic carbocycles. The number of aromatic nitrogens is 2. The van der Waals surface area contributed by atoms with E-state index in [-0.39, 0.29) is 6.04 Å². The van der Waals surface area contributed by atoms with Crippen LogP contribution in [0.2, 0.25) is 0 Å². The van der Waals surface area contributed by atoms with Gasteiger partial charge in [0.1, 0.15) is 6.10 Å². The summed E-state index contributed by atoms with van der Waals surface area (Å²) >= 11 is 0. The highest BCUT2D eigenvalue weighted by molar-refractivity contribution is 5.52. The van der Waals surface area contributed by atoms with E-state index in [2.05, 4.69) is 11.6 Å². The lowest BCUT2D eigenvalue weighted by Gasteiger charge is -2.19. The normalized spacial score (nSPS) is 13.8. The molecular formula is C17H16N2O2. The van der Waals surface area contributed by atoms with Crippen molar-refractivity contribution in [2.24, 2.45) is 0 Å². The number of aliphatic hydroxyl groups excluding tert-OH is 1. The summed E-state index contributed by atoms with van der Waals surface area (Å²) in [5, 5.41) is 10.5. The summed E-state index contributed by atoms with van der Waals surface area (Å²) in [6, 6.07) is 13.1. The molecule has 21 heavy (non-hydrogen) atoms. The van der Waals surface area contributed by atoms with Crippen molar-refractivity contribution in [3.8, 4) is 11.5 Å². The number of oxazole rings is 1. The molecule has 0 aliphatic carbocycles. The van der Waals surface area contributed by atoms with Crippen molar-refractivity contribution in [3.63, 3.8) is 0 Å². The van der Waals surface area contributed by atoms with Crippen molar-refractivity contribution in [1.29, 1.82) is 0 Å². The van der Waals surface area contributed by atoms with E-state index in [1.807, 2.05) is 59.4 Å². The first-order valence-corrected chi connectivity index (χ1v) is 6.74. The lowest BCUT2D eigenvalue weighted by molar-refractivity contribution is 0.111. The van der Waals surface area contributed by atoms with E-state index in [0.29, 0.717) is 11.7 Å². The first kappa shape index (κ1) is 13.4. The number of nitrogens with zero attached hydrogens (tertiary/aromatic N) is 2. The van der Waals surface area contributed by atoms with Gasteiger partial charge in [-0.1, -0.05) is 24.3 Å². The molecule has 106 valence electrons. The fourth-order valence-electron chi connectivity index (χ4n) is 2.27. The van der Waals surface area contributed by atoms with Gasteiger partial charge in [-0.25, -0.2) is 4.98 Å². The Morgan fingerprint density at radius 1 is 1.14 bits per heavy atom. The molecule has 3 rings (SSSR count). The van der Waals surface area contributed by atoms with Crippen LogP contribution in [-0.4, -0.2) is 14.7 Å². The summed E-state index contributed by atoms with van der Waals surface area (Å²) in [5.74, 6) is 0.924. The standard InChI is InChI=1S/C17H16N2O2/c1-2-14(19-10-6-7-11-19)16(20)15-12-18-17(21-15)13-8-4-3-5-9-13/h2-12,14,16,20H,1H2/t14-,16+/m0/s1. The quantitative estimate of drug-likeness (QED) is 0.726. The van der Waals surface area contributed by atoms with Gasteiger partial charge >= 0.3 is 0 Å². The van der Waals surface area contributed by atoms with Crippen molar-refractivity contribution < 1.29 is 9.52 Å². The second-order valence-electron chi connectivity index (χ2n) is 4.74. The van der Waals surface area contributed by atoms with Crippen molar-refractivity contribution in [3.05, 3.63) is 79.5 Å². The molecule has 2 heterocycles. The molecule has 0 saturated carbocycles. The van der Waals surface area contributed by atoms with Gasteiger partial charge < -0.3 is 14.1 Å². The molecule has 0 saturated heterocycles. The van der Waals surface area contributed by atoms with Crippen LogP contribution in [0.5, 0.6) is 0 Å². The number of rotatable bonds is 5. The van der Waals surface area contributed by atoms with Gasteiger partial charge in [-0.3, -0.25) is 0 Å². The summed E-state index contributed by atoms with van der Waals surface area (Å²) < 4.78 is 7.57. The SMILES string of the molecule is C=C[C@@H]([C@@H](O)c1cnc(-c2ccccc2)o1)n1cccc1. The Balaban J connectivity index is 1.87. The summed E-state index contributed by atoms with van der Waals surface area (Å²) in [6.45, 7) is 3.79. The molecule has 0 fully saturated rings. The molecule has 0 amide bonds. The third-order valence-electron chi connectivity index (χ3n) is 3.37. The average Bonchev–Trinajstić information content (AvgIpc) is 3.20. The van der Waals surface area contributed by atoms with E-state index in [1.165, 1.54) is 0 Å². The van der Waals surface area contributed by atoms with E-state index >= 15 is 0 Å². The average molecular weight is 280 g/mol. The van der Waals surface area contributed by atoms with Crippen LogP contribution in [0.4, 0.5) is 0 Å². The monoisotopic (exact) mass is 280 g/mol. The Morgan fingerprint density at radius 2 is 1.86 bits per heavy atom. The Morgan fingerprint density at radius 3 is 2.52 bits per heavy atom. The zero-order chi connectivity index (χ0) is 14.7. The van der Waals surface area contributed by atoms with Crippen LogP contribution < -0.4 is 0 Å². The summed E-state index contributed by atoms with van der Waals surface area (Å²) in [4.78, 5) is 4.24. The van der Waals surface area contributed by atoms with Crippen molar-refractivity contribution in [1.82, 2.24) is 9.55 Å². The van der Waals surface area contributed by atoms with E-state index in [1.54, 1.807) is 12.3 Å². The van der Waals surface area contributed by atoms with Crippen LogP contribution in [0.1, 0.15) is 17.9 Å². The van der Waals surface area contributed by atoms with E-state index < -0.39 is 6.10 Å². The van der Waals surface area contributed by atoms with Gasteiger partial charge in [0.05, 0.1) is 12.2 Å². The van der Waals surface area contributed by atoms with Crippen LogP contribution >= 0.6 is 0 Å². The van der Waals surface area contributed by atoms with Gasteiger partial charge in [0.25, 0.3) is 0 Å². The number of benzene rings is 1. The zero-order valence-corrected chi connectivity index (χ0v) is 11.5. The molecule has 0 radical (unpaired) electrons. The van der Waals surface area contributed by atoms with Gasteiger partial charge in [-0.05, 0) is 24.3 Å². The fourth-order valence-corrected chi connectivity index (χ4v) is 2.27. The van der Waals surface area contributed by atoms with E-state index in [9.17, 15) is 5.11 Å². The maximum atomic E-state index is 10.5. The van der Waals surface area contributed by atoms with E-state index in [4.69, 9.17) is 4.42 Å². The predicted octanol–water partition coefficient (Wildman–Crippen LogP) is 3.60. The molecule has 0 bridgehead atoms. The van der Waals surface area contributed by atoms with Gasteiger partial charge in [0.15, 0.2) is 5.76 Å². The van der Waals surface area contributed by atoms with Crippen molar-refractivity contribution >= 4 is 0 Å². The second-order valence-corrected chi connectivity index (χ2v) is 4.74. The Kier molecular flexibility index (Phi) is 3.71. The highest BCUT2D eigenvalue weighted by Gasteiger charge is 2.23. The maximum absolute atomic E-state index is 10.5. The largest absolute Gasteiger partial charge is 0.438 e. The highest BCUT2D eigenvalue weighted by atomic mass is 16.4. The predicted molar refractivity (Wildman–Crippen MR) is 80.6 cm³/mol. The minimum absolute atomic E-state index is 0.295. The smallest absolute Gasteiger partial charge is 0.226 e. The van der Waals surface area contributed by atoms with Crippen LogP contribution in [0.25, 0.3) is 11.5 Å². The second kappa shape index (κ2) is 5.81. The Hall–Kier alpha value is -2.59. The van der Waals surface area contributed by atoms with Crippen molar-refractivity contribution in [2.45, 2.75) is 12.1 Å². The summed E-state index contributed by atoms with van der Waals surface area (Å²) in [6.07, 6.45) is 6.18.